The molecule has 0 amide bonds. The number of amidine groups is 1. The molecule has 7 nitrogen and oxygen atoms in total. The van der Waals surface area contributed by atoms with Crippen LogP contribution in [0.15, 0.2) is 53.6 Å². The van der Waals surface area contributed by atoms with E-state index < -0.39 is 0 Å². The summed E-state index contributed by atoms with van der Waals surface area (Å²) in [6.45, 7) is 3.70. The van der Waals surface area contributed by atoms with Crippen LogP contribution in [-0.4, -0.2) is 30.4 Å². The first-order chi connectivity index (χ1) is 13.8. The van der Waals surface area contributed by atoms with Crippen molar-refractivity contribution in [3.05, 3.63) is 59.7 Å². The minimum Gasteiger partial charge on any atom is -0.485 e. The summed E-state index contributed by atoms with van der Waals surface area (Å²) in [5, 5.41) is 4.24. The van der Waals surface area contributed by atoms with E-state index in [-0.39, 0.29) is 6.10 Å². The van der Waals surface area contributed by atoms with Gasteiger partial charge in [0.2, 0.25) is 0 Å². The topological polar surface area (TPSA) is 70.2 Å². The van der Waals surface area contributed by atoms with E-state index in [1.807, 2.05) is 24.3 Å². The lowest BCUT2D eigenvalue weighted by Crippen LogP contribution is -2.42. The molecule has 7 heteroatoms. The van der Waals surface area contributed by atoms with E-state index in [1.54, 1.807) is 0 Å². The quantitative estimate of drug-likeness (QED) is 0.758. The van der Waals surface area contributed by atoms with Gasteiger partial charge in [-0.05, 0) is 49.2 Å². The fourth-order valence-electron chi connectivity index (χ4n) is 4.05. The maximum Gasteiger partial charge on any atom is 0.162 e. The number of fused-ring (bicyclic) bond motifs is 1. The standard InChI is InChI=1S/C21H25N5O2/c1-2-4-19-18(3-1)27-14-20(28-19)16-7-5-15(6-8-16)13-26-11-9-17(10-12-26)21-22-24-25-23-21/h1-8,17,20,24-25H,9-14H2,(H,22,23)/t20-/m1/s1. The molecule has 146 valence electrons. The number of piperidine rings is 1. The molecular weight excluding hydrogens is 354 g/mol. The van der Waals surface area contributed by atoms with E-state index in [9.17, 15) is 0 Å². The Bertz CT molecular complexity index is 846. The van der Waals surface area contributed by atoms with Crippen LogP contribution in [0.2, 0.25) is 0 Å². The molecule has 3 heterocycles. The Morgan fingerprint density at radius 1 is 1.00 bits per heavy atom. The molecule has 28 heavy (non-hydrogen) atoms. The van der Waals surface area contributed by atoms with Gasteiger partial charge in [0.1, 0.15) is 12.4 Å². The second-order valence-electron chi connectivity index (χ2n) is 7.52. The molecule has 0 saturated carbocycles. The van der Waals surface area contributed by atoms with Crippen LogP contribution in [0.5, 0.6) is 11.5 Å². The SMILES string of the molecule is c1ccc2c(c1)OC[C@H](c1ccc(CN3CCC(C4=NNNN4)CC3)cc1)O2. The lowest BCUT2D eigenvalue weighted by molar-refractivity contribution is 0.0912. The van der Waals surface area contributed by atoms with Crippen molar-refractivity contribution in [3.8, 4) is 11.5 Å². The highest BCUT2D eigenvalue weighted by Crippen LogP contribution is 2.35. The van der Waals surface area contributed by atoms with Gasteiger partial charge in [-0.1, -0.05) is 36.4 Å². The molecule has 3 aliphatic rings. The maximum atomic E-state index is 6.11. The molecule has 0 aromatic heterocycles. The molecule has 0 bridgehead atoms. The van der Waals surface area contributed by atoms with E-state index in [2.05, 4.69) is 50.8 Å². The van der Waals surface area contributed by atoms with Crippen LogP contribution in [0.1, 0.15) is 30.1 Å². The van der Waals surface area contributed by atoms with Gasteiger partial charge in [0, 0.05) is 12.5 Å². The van der Waals surface area contributed by atoms with Crippen LogP contribution in [0.25, 0.3) is 0 Å². The summed E-state index contributed by atoms with van der Waals surface area (Å²) in [4.78, 5) is 2.51. The van der Waals surface area contributed by atoms with Crippen LogP contribution in [-0.2, 0) is 6.54 Å². The van der Waals surface area contributed by atoms with E-state index in [0.717, 1.165) is 55.4 Å². The second-order valence-corrected chi connectivity index (χ2v) is 7.52. The Morgan fingerprint density at radius 3 is 2.54 bits per heavy atom. The molecule has 3 aliphatic heterocycles. The normalized spacial score (nSPS) is 22.3. The minimum atomic E-state index is -0.0541. The molecule has 3 N–H and O–H groups in total. The number of para-hydroxylation sites is 2. The van der Waals surface area contributed by atoms with E-state index in [1.165, 1.54) is 5.56 Å². The Balaban J connectivity index is 1.16. The van der Waals surface area contributed by atoms with Crippen LogP contribution in [0.3, 0.4) is 0 Å². The fourth-order valence-corrected chi connectivity index (χ4v) is 4.05. The van der Waals surface area contributed by atoms with Crippen molar-refractivity contribution < 1.29 is 9.47 Å². The predicted molar refractivity (Wildman–Crippen MR) is 107 cm³/mol. The molecule has 1 atom stereocenters. The Labute approximate surface area is 164 Å². The third-order valence-electron chi connectivity index (χ3n) is 5.66. The van der Waals surface area contributed by atoms with E-state index >= 15 is 0 Å². The number of ether oxygens (including phenoxy) is 2. The van der Waals surface area contributed by atoms with E-state index in [0.29, 0.717) is 12.5 Å². The monoisotopic (exact) mass is 379 g/mol. The average molecular weight is 379 g/mol. The van der Waals surface area contributed by atoms with Gasteiger partial charge in [-0.25, -0.2) is 5.53 Å². The Kier molecular flexibility index (Phi) is 4.76. The molecule has 5 rings (SSSR count). The Hall–Kier alpha value is -2.77. The molecule has 1 fully saturated rings. The molecule has 0 radical (unpaired) electrons. The van der Waals surface area contributed by atoms with Gasteiger partial charge < -0.3 is 9.47 Å². The Morgan fingerprint density at radius 2 is 1.79 bits per heavy atom. The number of hydrazone groups is 1. The number of hydrogen-bond donors (Lipinski definition) is 3. The lowest BCUT2D eigenvalue weighted by atomic mass is 9.95. The summed E-state index contributed by atoms with van der Waals surface area (Å²) in [6.07, 6.45) is 2.20. The van der Waals surface area contributed by atoms with Crippen molar-refractivity contribution >= 4 is 5.84 Å². The molecule has 0 unspecified atom stereocenters. The maximum absolute atomic E-state index is 6.11. The van der Waals surface area contributed by atoms with Crippen molar-refractivity contribution in [2.45, 2.75) is 25.5 Å². The number of nitrogens with one attached hydrogen (secondary N) is 3. The second kappa shape index (κ2) is 7.69. The first kappa shape index (κ1) is 17.3. The molecule has 0 aliphatic carbocycles. The van der Waals surface area contributed by atoms with Crippen molar-refractivity contribution in [1.29, 1.82) is 0 Å². The summed E-state index contributed by atoms with van der Waals surface area (Å²) in [7, 11) is 0. The van der Waals surface area contributed by atoms with Gasteiger partial charge >= 0.3 is 0 Å². The zero-order valence-electron chi connectivity index (χ0n) is 15.7. The van der Waals surface area contributed by atoms with Gasteiger partial charge in [-0.2, -0.15) is 0 Å². The summed E-state index contributed by atoms with van der Waals surface area (Å²) in [5.41, 5.74) is 11.1. The number of rotatable bonds is 4. The molecule has 1 saturated heterocycles. The average Bonchev–Trinajstić information content (AvgIpc) is 3.29. The van der Waals surface area contributed by atoms with Crippen LogP contribution in [0.4, 0.5) is 0 Å². The van der Waals surface area contributed by atoms with Gasteiger partial charge in [-0.3, -0.25) is 10.3 Å². The van der Waals surface area contributed by atoms with Gasteiger partial charge in [-0.15, -0.1) is 10.6 Å². The van der Waals surface area contributed by atoms with Crippen LogP contribution >= 0.6 is 0 Å². The summed E-state index contributed by atoms with van der Waals surface area (Å²) < 4.78 is 11.9. The van der Waals surface area contributed by atoms with Gasteiger partial charge in [0.05, 0.1) is 0 Å². The number of hydrazine groups is 2. The largest absolute Gasteiger partial charge is 0.485 e. The third-order valence-corrected chi connectivity index (χ3v) is 5.66. The van der Waals surface area contributed by atoms with Gasteiger partial charge in [0.15, 0.2) is 17.6 Å². The smallest absolute Gasteiger partial charge is 0.162 e. The predicted octanol–water partition coefficient (Wildman–Crippen LogP) is 2.34. The minimum absolute atomic E-state index is 0.0541. The van der Waals surface area contributed by atoms with Crippen molar-refractivity contribution in [3.63, 3.8) is 0 Å². The molecular formula is C21H25N5O2. The molecule has 0 spiro atoms. The van der Waals surface area contributed by atoms with Crippen molar-refractivity contribution in [2.24, 2.45) is 11.0 Å². The number of hydrogen-bond acceptors (Lipinski definition) is 7. The highest BCUT2D eigenvalue weighted by molar-refractivity contribution is 5.84. The molecule has 2 aromatic rings. The summed E-state index contributed by atoms with van der Waals surface area (Å²) in [6, 6.07) is 16.6. The molecule has 2 aromatic carbocycles. The summed E-state index contributed by atoms with van der Waals surface area (Å²) in [5.74, 6) is 3.18. The highest BCUT2D eigenvalue weighted by atomic mass is 16.6. The van der Waals surface area contributed by atoms with Crippen LogP contribution in [0, 0.1) is 5.92 Å². The van der Waals surface area contributed by atoms with Crippen molar-refractivity contribution in [2.75, 3.05) is 19.7 Å². The van der Waals surface area contributed by atoms with Gasteiger partial charge in [0.25, 0.3) is 0 Å². The first-order valence-electron chi connectivity index (χ1n) is 9.88. The first-order valence-corrected chi connectivity index (χ1v) is 9.88. The lowest BCUT2D eigenvalue weighted by Gasteiger charge is -2.31. The van der Waals surface area contributed by atoms with Crippen molar-refractivity contribution in [1.82, 2.24) is 21.4 Å². The van der Waals surface area contributed by atoms with E-state index in [4.69, 9.17) is 9.47 Å². The zero-order valence-corrected chi connectivity index (χ0v) is 15.7. The number of nitrogens with zero attached hydrogens (tertiary/aromatic N) is 2. The third kappa shape index (κ3) is 3.63. The number of benzene rings is 2. The highest BCUT2D eigenvalue weighted by Gasteiger charge is 2.25. The van der Waals surface area contributed by atoms with Crippen LogP contribution < -0.4 is 26.0 Å². The summed E-state index contributed by atoms with van der Waals surface area (Å²) >= 11 is 0. The number of likely N-dealkylation sites (tertiary alicyclic amines) is 1. The fraction of sp³-hybridized carbons (Fsp3) is 0.381. The zero-order chi connectivity index (χ0) is 18.8.